The molecule has 0 fully saturated rings. The average Bonchev–Trinajstić information content (AvgIpc) is 2.60. The van der Waals surface area contributed by atoms with Crippen LogP contribution in [0.25, 0.3) is 0 Å². The van der Waals surface area contributed by atoms with Crippen LogP contribution in [0, 0.1) is 0 Å². The summed E-state index contributed by atoms with van der Waals surface area (Å²) in [6, 6.07) is 16.0. The predicted molar refractivity (Wildman–Crippen MR) is 86.3 cm³/mol. The van der Waals surface area contributed by atoms with Crippen LogP contribution in [-0.2, 0) is 9.53 Å². The number of esters is 1. The van der Waals surface area contributed by atoms with E-state index in [9.17, 15) is 9.59 Å². The number of nitrogens with one attached hydrogen (secondary N) is 1. The van der Waals surface area contributed by atoms with Crippen LogP contribution in [0.15, 0.2) is 54.6 Å². The van der Waals surface area contributed by atoms with E-state index >= 15 is 0 Å². The summed E-state index contributed by atoms with van der Waals surface area (Å²) < 4.78 is 10.1. The van der Waals surface area contributed by atoms with E-state index in [1.165, 1.54) is 7.11 Å². The van der Waals surface area contributed by atoms with E-state index in [-0.39, 0.29) is 18.6 Å². The molecule has 2 aromatic rings. The molecule has 1 N–H and O–H groups in total. The number of amides is 1. The van der Waals surface area contributed by atoms with Gasteiger partial charge in [-0.2, -0.15) is 0 Å². The maximum atomic E-state index is 11.9. The first-order valence-corrected chi connectivity index (χ1v) is 7.25. The van der Waals surface area contributed by atoms with Crippen molar-refractivity contribution in [1.29, 1.82) is 0 Å². The second-order valence-corrected chi connectivity index (χ2v) is 5.01. The van der Waals surface area contributed by atoms with Crippen molar-refractivity contribution >= 4 is 11.9 Å². The molecule has 2 aromatic carbocycles. The van der Waals surface area contributed by atoms with E-state index in [4.69, 9.17) is 9.47 Å². The minimum Gasteiger partial charge on any atom is -0.497 e. The molecule has 1 atom stereocenters. The van der Waals surface area contributed by atoms with E-state index in [1.54, 1.807) is 24.3 Å². The number of methoxy groups -OCH3 is 1. The molecule has 0 aromatic heterocycles. The van der Waals surface area contributed by atoms with Crippen LogP contribution in [0.1, 0.15) is 28.9 Å². The molecule has 0 saturated heterocycles. The van der Waals surface area contributed by atoms with E-state index in [2.05, 4.69) is 5.32 Å². The maximum Gasteiger partial charge on any atom is 0.338 e. The zero-order chi connectivity index (χ0) is 16.7. The summed E-state index contributed by atoms with van der Waals surface area (Å²) in [6.07, 6.45) is 0. The van der Waals surface area contributed by atoms with Gasteiger partial charge in [0.15, 0.2) is 6.61 Å². The number of ether oxygens (including phenoxy) is 2. The van der Waals surface area contributed by atoms with Gasteiger partial charge in [0.25, 0.3) is 5.91 Å². The Balaban J connectivity index is 1.85. The van der Waals surface area contributed by atoms with Gasteiger partial charge >= 0.3 is 5.97 Å². The molecule has 5 heteroatoms. The lowest BCUT2D eigenvalue weighted by Gasteiger charge is -2.14. The molecule has 1 unspecified atom stereocenters. The second-order valence-electron chi connectivity index (χ2n) is 5.01. The minimum atomic E-state index is -0.564. The van der Waals surface area contributed by atoms with Crippen LogP contribution in [0.5, 0.6) is 5.75 Å². The van der Waals surface area contributed by atoms with Crippen molar-refractivity contribution in [2.75, 3.05) is 13.7 Å². The molecular formula is C18H19NO4. The molecule has 0 aliphatic rings. The van der Waals surface area contributed by atoms with Gasteiger partial charge in [0.05, 0.1) is 18.7 Å². The standard InChI is InChI=1S/C18H19NO4/c1-13(14-7-4-3-5-8-14)19-17(20)12-23-18(21)15-9-6-10-16(11-15)22-2/h3-11,13H,12H2,1-2H3,(H,19,20). The van der Waals surface area contributed by atoms with Gasteiger partial charge in [-0.25, -0.2) is 4.79 Å². The Hall–Kier alpha value is -2.82. The number of hydrogen-bond donors (Lipinski definition) is 1. The highest BCUT2D eigenvalue weighted by atomic mass is 16.5. The third-order valence-corrected chi connectivity index (χ3v) is 3.32. The van der Waals surface area contributed by atoms with Gasteiger partial charge < -0.3 is 14.8 Å². The summed E-state index contributed by atoms with van der Waals surface area (Å²) in [5, 5.41) is 2.78. The van der Waals surface area contributed by atoms with Crippen LogP contribution in [-0.4, -0.2) is 25.6 Å². The van der Waals surface area contributed by atoms with E-state index in [1.807, 2.05) is 37.3 Å². The number of hydrogen-bond acceptors (Lipinski definition) is 4. The Morgan fingerprint density at radius 3 is 2.52 bits per heavy atom. The van der Waals surface area contributed by atoms with Gasteiger partial charge in [-0.15, -0.1) is 0 Å². The number of rotatable bonds is 6. The normalized spacial score (nSPS) is 11.4. The summed E-state index contributed by atoms with van der Waals surface area (Å²) in [5.74, 6) is -0.356. The molecule has 0 aliphatic carbocycles. The molecule has 2 rings (SSSR count). The van der Waals surface area contributed by atoms with Crippen molar-refractivity contribution in [3.8, 4) is 5.75 Å². The maximum absolute atomic E-state index is 11.9. The van der Waals surface area contributed by atoms with Gasteiger partial charge in [0, 0.05) is 0 Å². The highest BCUT2D eigenvalue weighted by Crippen LogP contribution is 2.14. The van der Waals surface area contributed by atoms with Crippen molar-refractivity contribution in [1.82, 2.24) is 5.32 Å². The number of benzene rings is 2. The predicted octanol–water partition coefficient (Wildman–Crippen LogP) is 2.73. The minimum absolute atomic E-state index is 0.153. The van der Waals surface area contributed by atoms with Crippen LogP contribution < -0.4 is 10.1 Å². The Labute approximate surface area is 135 Å². The Morgan fingerprint density at radius 2 is 1.83 bits per heavy atom. The average molecular weight is 313 g/mol. The topological polar surface area (TPSA) is 64.6 Å². The molecule has 0 aliphatic heterocycles. The third kappa shape index (κ3) is 4.85. The molecule has 0 bridgehead atoms. The molecule has 1 amide bonds. The molecule has 23 heavy (non-hydrogen) atoms. The van der Waals surface area contributed by atoms with E-state index in [0.29, 0.717) is 11.3 Å². The highest BCUT2D eigenvalue weighted by molar-refractivity contribution is 5.91. The van der Waals surface area contributed by atoms with Crippen molar-refractivity contribution in [3.05, 3.63) is 65.7 Å². The van der Waals surface area contributed by atoms with Crippen LogP contribution in [0.4, 0.5) is 0 Å². The first-order valence-electron chi connectivity index (χ1n) is 7.25. The van der Waals surface area contributed by atoms with Crippen molar-refractivity contribution in [2.45, 2.75) is 13.0 Å². The molecule has 120 valence electrons. The lowest BCUT2D eigenvalue weighted by molar-refractivity contribution is -0.124. The third-order valence-electron chi connectivity index (χ3n) is 3.32. The molecule has 5 nitrogen and oxygen atoms in total. The molecule has 0 heterocycles. The summed E-state index contributed by atoms with van der Waals surface area (Å²) in [5.41, 5.74) is 1.33. The van der Waals surface area contributed by atoms with Gasteiger partial charge in [-0.1, -0.05) is 36.4 Å². The lowest BCUT2D eigenvalue weighted by Crippen LogP contribution is -2.31. The smallest absolute Gasteiger partial charge is 0.338 e. The van der Waals surface area contributed by atoms with Crippen molar-refractivity contribution < 1.29 is 19.1 Å². The SMILES string of the molecule is COc1cccc(C(=O)OCC(=O)NC(C)c2ccccc2)c1. The summed E-state index contributed by atoms with van der Waals surface area (Å²) in [6.45, 7) is 1.55. The van der Waals surface area contributed by atoms with E-state index in [0.717, 1.165) is 5.56 Å². The van der Waals surface area contributed by atoms with E-state index < -0.39 is 5.97 Å². The monoisotopic (exact) mass is 313 g/mol. The highest BCUT2D eigenvalue weighted by Gasteiger charge is 2.13. The van der Waals surface area contributed by atoms with Gasteiger partial charge in [0.1, 0.15) is 5.75 Å². The second kappa shape index (κ2) is 7.98. The Kier molecular flexibility index (Phi) is 5.74. The molecule has 0 spiro atoms. The first-order chi connectivity index (χ1) is 11.1. The first kappa shape index (κ1) is 16.5. The number of carbonyl (C=O) groups is 2. The Morgan fingerprint density at radius 1 is 1.09 bits per heavy atom. The zero-order valence-corrected chi connectivity index (χ0v) is 13.1. The number of carbonyl (C=O) groups excluding carboxylic acids is 2. The molecular weight excluding hydrogens is 294 g/mol. The molecule has 0 saturated carbocycles. The van der Waals surface area contributed by atoms with Gasteiger partial charge in [0.2, 0.25) is 0 Å². The quantitative estimate of drug-likeness (QED) is 0.833. The fourth-order valence-electron chi connectivity index (χ4n) is 2.07. The summed E-state index contributed by atoms with van der Waals surface area (Å²) >= 11 is 0. The van der Waals surface area contributed by atoms with Crippen molar-refractivity contribution in [3.63, 3.8) is 0 Å². The van der Waals surface area contributed by atoms with Gasteiger partial charge in [-0.3, -0.25) is 4.79 Å². The lowest BCUT2D eigenvalue weighted by atomic mass is 10.1. The summed E-state index contributed by atoms with van der Waals surface area (Å²) in [4.78, 5) is 23.8. The Bertz CT molecular complexity index is 670. The van der Waals surface area contributed by atoms with Crippen LogP contribution in [0.3, 0.4) is 0 Å². The largest absolute Gasteiger partial charge is 0.497 e. The fraction of sp³-hybridized carbons (Fsp3) is 0.222. The fourth-order valence-corrected chi connectivity index (χ4v) is 2.07. The summed E-state index contributed by atoms with van der Waals surface area (Å²) in [7, 11) is 1.52. The van der Waals surface area contributed by atoms with Crippen LogP contribution in [0.2, 0.25) is 0 Å². The van der Waals surface area contributed by atoms with Crippen LogP contribution >= 0.6 is 0 Å². The van der Waals surface area contributed by atoms with Gasteiger partial charge in [-0.05, 0) is 30.7 Å². The van der Waals surface area contributed by atoms with Crippen molar-refractivity contribution in [2.24, 2.45) is 0 Å². The molecule has 0 radical (unpaired) electrons. The zero-order valence-electron chi connectivity index (χ0n) is 13.1.